The van der Waals surface area contributed by atoms with Gasteiger partial charge in [-0.2, -0.15) is 18.7 Å². The molecule has 4 saturated heterocycles. The number of aromatic nitrogens is 3. The number of ether oxygens (including phenoxy) is 1. The molecule has 4 aliphatic heterocycles. The molecule has 2 aromatic carbocycles. The topological polar surface area (TPSA) is 66.4 Å². The number of nitrogens with zero attached hydrogens (tertiary/aromatic N) is 5. The Morgan fingerprint density at radius 1 is 1.15 bits per heavy atom. The number of terminal acetylenes is 1. The molecule has 8 rings (SSSR count). The van der Waals surface area contributed by atoms with Crippen LogP contribution in [0.15, 0.2) is 42.1 Å². The van der Waals surface area contributed by atoms with E-state index in [2.05, 4.69) is 26.2 Å². The molecular formula is C34H29F5N6O. The summed E-state index contributed by atoms with van der Waals surface area (Å²) < 4.78 is 97.5. The van der Waals surface area contributed by atoms with Crippen molar-refractivity contribution in [1.82, 2.24) is 25.2 Å². The van der Waals surface area contributed by atoms with Crippen LogP contribution in [0.1, 0.15) is 40.4 Å². The number of piperazine rings is 1. The van der Waals surface area contributed by atoms with Gasteiger partial charge in [0.1, 0.15) is 23.6 Å². The summed E-state index contributed by atoms with van der Waals surface area (Å²) in [6.07, 6.45) is 7.69. The number of anilines is 1. The fourth-order valence-electron chi connectivity index (χ4n) is 7.62. The predicted octanol–water partition coefficient (Wildman–Crippen LogP) is 5.95. The van der Waals surface area contributed by atoms with Gasteiger partial charge in [0.05, 0.1) is 19.2 Å². The molecule has 46 heavy (non-hydrogen) atoms. The Bertz CT molecular complexity index is 2070. The molecule has 0 saturated carbocycles. The Balaban J connectivity index is 1.30. The van der Waals surface area contributed by atoms with Crippen molar-refractivity contribution in [2.24, 2.45) is 0 Å². The highest BCUT2D eigenvalue weighted by Crippen LogP contribution is 2.43. The van der Waals surface area contributed by atoms with E-state index in [1.165, 1.54) is 18.3 Å². The van der Waals surface area contributed by atoms with Crippen molar-refractivity contribution < 1.29 is 29.4 Å². The normalized spacial score (nSPS) is 25.1. The van der Waals surface area contributed by atoms with Crippen LogP contribution >= 0.6 is 0 Å². The fraction of sp³-hybridized carbons (Fsp3) is 0.382. The van der Waals surface area contributed by atoms with Gasteiger partial charge in [0, 0.05) is 54.4 Å². The van der Waals surface area contributed by atoms with E-state index in [1.54, 1.807) is 11.0 Å². The Labute approximate surface area is 264 Å². The maximum absolute atomic E-state index is 16.8. The van der Waals surface area contributed by atoms with E-state index in [0.29, 0.717) is 31.9 Å². The predicted molar refractivity (Wildman–Crippen MR) is 163 cm³/mol. The molecule has 6 heterocycles. The summed E-state index contributed by atoms with van der Waals surface area (Å²) in [7, 11) is 0. The van der Waals surface area contributed by atoms with Crippen molar-refractivity contribution >= 4 is 27.5 Å². The van der Waals surface area contributed by atoms with Crippen molar-refractivity contribution in [1.29, 1.82) is 0 Å². The molecular weight excluding hydrogens is 603 g/mol. The lowest BCUT2D eigenvalue weighted by Gasteiger charge is -2.34. The van der Waals surface area contributed by atoms with Gasteiger partial charge in [0.25, 0.3) is 6.08 Å². The van der Waals surface area contributed by atoms with Gasteiger partial charge in [-0.15, -0.1) is 6.42 Å². The number of nitrogens with one attached hydrogen (secondary N) is 1. The van der Waals surface area contributed by atoms with Crippen LogP contribution in [0, 0.1) is 29.8 Å². The van der Waals surface area contributed by atoms with Crippen LogP contribution in [0.2, 0.25) is 0 Å². The lowest BCUT2D eigenvalue weighted by Crippen LogP contribution is -2.51. The second-order valence-corrected chi connectivity index (χ2v) is 12.5. The Morgan fingerprint density at radius 3 is 2.72 bits per heavy atom. The maximum Gasteiger partial charge on any atom is 0.319 e. The monoisotopic (exact) mass is 634 g/mol. The third-order valence-electron chi connectivity index (χ3n) is 9.73. The zero-order chi connectivity index (χ0) is 33.5. The quantitative estimate of drug-likeness (QED) is 0.215. The smallest absolute Gasteiger partial charge is 0.319 e. The average molecular weight is 635 g/mol. The first kappa shape index (κ1) is 26.8. The minimum absolute atomic E-state index is 0.0720. The molecule has 2 bridgehead atoms. The standard InChI is InChI=1S/C34H29F5N6O/c1-2-22-26-18(11-25(35)27(22)36)5-3-6-23(26)29-28(37)30-24(13-40-29)32(44-15-20-7-8-21(16-44)41-20)43-33(42-30)46-17-34-9-4-10-45(34)14-19(12-34)31(38)39/h1,3,5-6,11,13,20-21,41H,4,7-10,12,14-17H2/t20-,21+,34?/i17D2. The van der Waals surface area contributed by atoms with Crippen molar-refractivity contribution in [2.45, 2.75) is 49.7 Å². The van der Waals surface area contributed by atoms with Crippen LogP contribution in [0.25, 0.3) is 32.9 Å². The number of pyridine rings is 1. The summed E-state index contributed by atoms with van der Waals surface area (Å²) in [5.41, 5.74) is -2.26. The minimum atomic E-state index is -2.53. The number of fused-ring (bicyclic) bond motifs is 5. The van der Waals surface area contributed by atoms with Gasteiger partial charge in [-0.25, -0.2) is 13.2 Å². The van der Waals surface area contributed by atoms with Gasteiger partial charge < -0.3 is 15.0 Å². The molecule has 0 spiro atoms. The first-order chi connectivity index (χ1) is 23.0. The van der Waals surface area contributed by atoms with Crippen LogP contribution in [0.5, 0.6) is 6.01 Å². The number of hydrogen-bond acceptors (Lipinski definition) is 7. The van der Waals surface area contributed by atoms with Crippen molar-refractivity contribution in [3.8, 4) is 29.6 Å². The van der Waals surface area contributed by atoms with Gasteiger partial charge >= 0.3 is 6.01 Å². The lowest BCUT2D eigenvalue weighted by molar-refractivity contribution is 0.108. The zero-order valence-corrected chi connectivity index (χ0v) is 24.5. The van der Waals surface area contributed by atoms with Gasteiger partial charge in [0.2, 0.25) is 0 Å². The van der Waals surface area contributed by atoms with Crippen LogP contribution in [0.4, 0.5) is 27.8 Å². The fourth-order valence-corrected chi connectivity index (χ4v) is 7.62. The molecule has 2 aromatic heterocycles. The lowest BCUT2D eigenvalue weighted by atomic mass is 9.94. The first-order valence-electron chi connectivity index (χ1n) is 16.2. The van der Waals surface area contributed by atoms with Crippen LogP contribution in [-0.2, 0) is 0 Å². The summed E-state index contributed by atoms with van der Waals surface area (Å²) >= 11 is 0. The second-order valence-electron chi connectivity index (χ2n) is 12.5. The van der Waals surface area contributed by atoms with Crippen LogP contribution in [-0.4, -0.2) is 70.2 Å². The molecule has 236 valence electrons. The molecule has 3 atom stereocenters. The molecule has 1 N–H and O–H groups in total. The molecule has 4 aliphatic rings. The highest BCUT2D eigenvalue weighted by atomic mass is 19.3. The Hall–Kier alpha value is -4.34. The average Bonchev–Trinajstić information content (AvgIpc) is 3.74. The Kier molecular flexibility index (Phi) is 6.35. The van der Waals surface area contributed by atoms with E-state index in [1.807, 2.05) is 4.90 Å². The van der Waals surface area contributed by atoms with Crippen LogP contribution in [0.3, 0.4) is 0 Å². The number of benzene rings is 2. The van der Waals surface area contributed by atoms with E-state index < -0.39 is 41.6 Å². The van der Waals surface area contributed by atoms with Gasteiger partial charge in [-0.1, -0.05) is 24.1 Å². The van der Waals surface area contributed by atoms with E-state index in [0.717, 1.165) is 18.9 Å². The summed E-state index contributed by atoms with van der Waals surface area (Å²) in [4.78, 5) is 17.0. The first-order valence-corrected chi connectivity index (χ1v) is 15.2. The van der Waals surface area contributed by atoms with Crippen molar-refractivity contribution in [2.75, 3.05) is 37.6 Å². The molecule has 12 heteroatoms. The van der Waals surface area contributed by atoms with Crippen molar-refractivity contribution in [3.05, 3.63) is 65.1 Å². The summed E-state index contributed by atoms with van der Waals surface area (Å²) in [5.74, 6) is -0.835. The highest BCUT2D eigenvalue weighted by molar-refractivity contribution is 6.02. The number of rotatable bonds is 5. The zero-order valence-electron chi connectivity index (χ0n) is 26.5. The van der Waals surface area contributed by atoms with E-state index in [4.69, 9.17) is 13.9 Å². The third kappa shape index (κ3) is 4.59. The highest BCUT2D eigenvalue weighted by Gasteiger charge is 2.48. The molecule has 4 fully saturated rings. The second kappa shape index (κ2) is 10.9. The largest absolute Gasteiger partial charge is 0.461 e. The summed E-state index contributed by atoms with van der Waals surface area (Å²) in [6, 6.07) is 5.42. The Morgan fingerprint density at radius 2 is 1.96 bits per heavy atom. The third-order valence-corrected chi connectivity index (χ3v) is 9.73. The van der Waals surface area contributed by atoms with E-state index in [-0.39, 0.29) is 75.5 Å². The van der Waals surface area contributed by atoms with E-state index in [9.17, 15) is 17.6 Å². The molecule has 0 radical (unpaired) electrons. The number of halogens is 5. The number of hydrogen-bond donors (Lipinski definition) is 1. The molecule has 0 aliphatic carbocycles. The summed E-state index contributed by atoms with van der Waals surface area (Å²) in [5, 5.41) is 4.11. The summed E-state index contributed by atoms with van der Waals surface area (Å²) in [6.45, 7) is -1.10. The molecule has 1 unspecified atom stereocenters. The molecule has 0 amide bonds. The SMILES string of the molecule is [2H]C([2H])(Oc1nc(N2C[C@H]3CC[C@@H](C2)N3)c2cnc(-c3cccc4cc(F)c(F)c(C#C)c34)c(F)c2n1)C12CCCN1CC(=C(F)F)C2. The maximum atomic E-state index is 16.8. The van der Waals surface area contributed by atoms with Crippen molar-refractivity contribution in [3.63, 3.8) is 0 Å². The van der Waals surface area contributed by atoms with Gasteiger partial charge in [-0.05, 0) is 50.1 Å². The van der Waals surface area contributed by atoms with E-state index >= 15 is 4.39 Å². The van der Waals surface area contributed by atoms with Crippen LogP contribution < -0.4 is 15.0 Å². The molecule has 7 nitrogen and oxygen atoms in total. The minimum Gasteiger partial charge on any atom is -0.461 e. The van der Waals surface area contributed by atoms with Gasteiger partial charge in [-0.3, -0.25) is 9.88 Å². The molecule has 4 aromatic rings. The van der Waals surface area contributed by atoms with Gasteiger partial charge in [0.15, 0.2) is 17.5 Å².